The van der Waals surface area contributed by atoms with E-state index in [1.807, 2.05) is 52.0 Å². The Morgan fingerprint density at radius 1 is 1.20 bits per heavy atom. The molecule has 2 N–H and O–H groups in total. The summed E-state index contributed by atoms with van der Waals surface area (Å²) in [6.45, 7) is 8.02. The van der Waals surface area contributed by atoms with Crippen molar-refractivity contribution in [3.63, 3.8) is 0 Å². The smallest absolute Gasteiger partial charge is 0.304 e. The van der Waals surface area contributed by atoms with Crippen molar-refractivity contribution in [2.75, 3.05) is 0 Å². The van der Waals surface area contributed by atoms with Crippen LogP contribution in [0.2, 0.25) is 0 Å². The number of ether oxygens (including phenoxy) is 1. The van der Waals surface area contributed by atoms with Crippen LogP contribution in [0, 0.1) is 0 Å². The number of benzene rings is 1. The van der Waals surface area contributed by atoms with Crippen LogP contribution in [0.1, 0.15) is 39.7 Å². The number of carboxylic acid groups (broad SMARTS) is 1. The number of carboxylic acids is 1. The van der Waals surface area contributed by atoms with Crippen molar-refractivity contribution in [2.24, 2.45) is 0 Å². The second-order valence-corrected chi connectivity index (χ2v) is 5.63. The summed E-state index contributed by atoms with van der Waals surface area (Å²) in [5.74, 6) is 0.0678. The molecule has 4 nitrogen and oxygen atoms in total. The monoisotopic (exact) mass is 279 g/mol. The van der Waals surface area contributed by atoms with E-state index in [1.54, 1.807) is 0 Å². The van der Waals surface area contributed by atoms with Gasteiger partial charge in [0.25, 0.3) is 0 Å². The molecule has 0 aliphatic carbocycles. The second-order valence-electron chi connectivity index (χ2n) is 5.63. The van der Waals surface area contributed by atoms with Crippen molar-refractivity contribution < 1.29 is 14.6 Å². The molecule has 0 saturated heterocycles. The Kier molecular flexibility index (Phi) is 6.52. The first kappa shape index (κ1) is 16.5. The molecule has 0 amide bonds. The van der Waals surface area contributed by atoms with Crippen LogP contribution in [0.15, 0.2) is 24.3 Å². The lowest BCUT2D eigenvalue weighted by atomic mass is 10.0. The minimum atomic E-state index is -0.775. The molecule has 4 heteroatoms. The van der Waals surface area contributed by atoms with Gasteiger partial charge in [-0.3, -0.25) is 4.79 Å². The van der Waals surface area contributed by atoms with E-state index in [-0.39, 0.29) is 24.6 Å². The summed E-state index contributed by atoms with van der Waals surface area (Å²) >= 11 is 0. The largest absolute Gasteiger partial charge is 0.491 e. The highest BCUT2D eigenvalue weighted by Crippen LogP contribution is 2.15. The fourth-order valence-electron chi connectivity index (χ4n) is 2.13. The number of nitrogens with one attached hydrogen (secondary N) is 1. The van der Waals surface area contributed by atoms with Gasteiger partial charge >= 0.3 is 5.97 Å². The van der Waals surface area contributed by atoms with Gasteiger partial charge in [-0.25, -0.2) is 0 Å². The summed E-state index contributed by atoms with van der Waals surface area (Å²) in [5, 5.41) is 12.3. The molecule has 0 aliphatic heterocycles. The Labute approximate surface area is 121 Å². The van der Waals surface area contributed by atoms with Gasteiger partial charge in [-0.05, 0) is 38.0 Å². The molecule has 0 saturated carbocycles. The SMILES string of the molecule is CC(C)NC(CC(=O)O)Cc1ccc(OC(C)C)cc1. The van der Waals surface area contributed by atoms with E-state index in [9.17, 15) is 4.79 Å². The standard InChI is InChI=1S/C16H25NO3/c1-11(2)17-14(10-16(18)19)9-13-5-7-15(8-6-13)20-12(3)4/h5-8,11-12,14,17H,9-10H2,1-4H3,(H,18,19). The molecule has 1 aromatic rings. The molecule has 1 aromatic carbocycles. The first-order chi connectivity index (χ1) is 9.36. The summed E-state index contributed by atoms with van der Waals surface area (Å²) in [5.41, 5.74) is 1.11. The van der Waals surface area contributed by atoms with E-state index >= 15 is 0 Å². The van der Waals surface area contributed by atoms with Gasteiger partial charge in [-0.15, -0.1) is 0 Å². The summed E-state index contributed by atoms with van der Waals surface area (Å²) in [6, 6.07) is 8.07. The van der Waals surface area contributed by atoms with Gasteiger partial charge in [0.1, 0.15) is 5.75 Å². The Morgan fingerprint density at radius 2 is 1.80 bits per heavy atom. The Bertz CT molecular complexity index is 412. The third-order valence-electron chi connectivity index (χ3n) is 2.77. The van der Waals surface area contributed by atoms with E-state index in [0.29, 0.717) is 6.42 Å². The van der Waals surface area contributed by atoms with Crippen molar-refractivity contribution in [1.82, 2.24) is 5.32 Å². The minimum absolute atomic E-state index is 0.0515. The van der Waals surface area contributed by atoms with E-state index < -0.39 is 5.97 Å². The van der Waals surface area contributed by atoms with Gasteiger partial charge < -0.3 is 15.2 Å². The third-order valence-corrected chi connectivity index (χ3v) is 2.77. The summed E-state index contributed by atoms with van der Waals surface area (Å²) < 4.78 is 5.59. The molecule has 1 atom stereocenters. The topological polar surface area (TPSA) is 58.6 Å². The molecule has 112 valence electrons. The van der Waals surface area contributed by atoms with Crippen molar-refractivity contribution in [1.29, 1.82) is 0 Å². The maximum Gasteiger partial charge on any atom is 0.304 e. The molecule has 0 aliphatic rings. The molecule has 0 fully saturated rings. The number of aliphatic carboxylic acids is 1. The van der Waals surface area contributed by atoms with Gasteiger partial charge in [0.05, 0.1) is 12.5 Å². The van der Waals surface area contributed by atoms with Crippen LogP contribution in [0.25, 0.3) is 0 Å². The average molecular weight is 279 g/mol. The number of carbonyl (C=O) groups is 1. The normalized spacial score (nSPS) is 12.7. The molecule has 0 spiro atoms. The van der Waals surface area contributed by atoms with Gasteiger partial charge in [0, 0.05) is 12.1 Å². The van der Waals surface area contributed by atoms with Crippen molar-refractivity contribution in [3.05, 3.63) is 29.8 Å². The van der Waals surface area contributed by atoms with E-state index in [2.05, 4.69) is 5.32 Å². The Hall–Kier alpha value is -1.55. The van der Waals surface area contributed by atoms with E-state index in [1.165, 1.54) is 0 Å². The molecule has 0 heterocycles. The molecule has 1 rings (SSSR count). The summed E-state index contributed by atoms with van der Waals surface area (Å²) in [6.07, 6.45) is 0.984. The molecule has 0 aromatic heterocycles. The quantitative estimate of drug-likeness (QED) is 0.768. The molecule has 0 radical (unpaired) electrons. The van der Waals surface area contributed by atoms with Gasteiger partial charge in [0.2, 0.25) is 0 Å². The lowest BCUT2D eigenvalue weighted by molar-refractivity contribution is -0.137. The zero-order valence-corrected chi connectivity index (χ0v) is 12.7. The second kappa shape index (κ2) is 7.90. The van der Waals surface area contributed by atoms with Crippen LogP contribution in [0.3, 0.4) is 0 Å². The van der Waals surface area contributed by atoms with Gasteiger partial charge in [-0.1, -0.05) is 26.0 Å². The van der Waals surface area contributed by atoms with Crippen LogP contribution in [0.5, 0.6) is 5.75 Å². The summed E-state index contributed by atoms with van der Waals surface area (Å²) in [7, 11) is 0. The Balaban J connectivity index is 2.65. The molecule has 1 unspecified atom stereocenters. The highest BCUT2D eigenvalue weighted by molar-refractivity contribution is 5.67. The van der Waals surface area contributed by atoms with Crippen LogP contribution in [0.4, 0.5) is 0 Å². The average Bonchev–Trinajstić information content (AvgIpc) is 2.29. The zero-order valence-electron chi connectivity index (χ0n) is 12.7. The molecular formula is C16H25NO3. The fraction of sp³-hybridized carbons (Fsp3) is 0.562. The highest BCUT2D eigenvalue weighted by atomic mass is 16.5. The molecule has 20 heavy (non-hydrogen) atoms. The summed E-state index contributed by atoms with van der Waals surface area (Å²) in [4.78, 5) is 10.9. The third kappa shape index (κ3) is 6.57. The first-order valence-corrected chi connectivity index (χ1v) is 7.10. The van der Waals surface area contributed by atoms with Crippen LogP contribution in [-0.4, -0.2) is 29.3 Å². The number of rotatable bonds is 8. The van der Waals surface area contributed by atoms with Crippen molar-refractivity contribution in [3.8, 4) is 5.75 Å². The molecule has 0 bridgehead atoms. The Morgan fingerprint density at radius 3 is 2.25 bits per heavy atom. The van der Waals surface area contributed by atoms with E-state index in [0.717, 1.165) is 11.3 Å². The highest BCUT2D eigenvalue weighted by Gasteiger charge is 2.14. The van der Waals surface area contributed by atoms with Crippen LogP contribution < -0.4 is 10.1 Å². The zero-order chi connectivity index (χ0) is 15.1. The maximum absolute atomic E-state index is 10.9. The molecular weight excluding hydrogens is 254 g/mol. The lowest BCUT2D eigenvalue weighted by Gasteiger charge is -2.20. The van der Waals surface area contributed by atoms with Crippen LogP contribution in [-0.2, 0) is 11.2 Å². The maximum atomic E-state index is 10.9. The van der Waals surface area contributed by atoms with E-state index in [4.69, 9.17) is 9.84 Å². The van der Waals surface area contributed by atoms with Gasteiger partial charge in [-0.2, -0.15) is 0 Å². The number of hydrogen-bond donors (Lipinski definition) is 2. The number of hydrogen-bond acceptors (Lipinski definition) is 3. The van der Waals surface area contributed by atoms with Crippen molar-refractivity contribution >= 4 is 5.97 Å². The lowest BCUT2D eigenvalue weighted by Crippen LogP contribution is -2.38. The predicted octanol–water partition coefficient (Wildman–Crippen LogP) is 2.86. The van der Waals surface area contributed by atoms with Gasteiger partial charge in [0.15, 0.2) is 0 Å². The predicted molar refractivity (Wildman–Crippen MR) is 80.2 cm³/mol. The first-order valence-electron chi connectivity index (χ1n) is 7.10. The van der Waals surface area contributed by atoms with Crippen molar-refractivity contribution in [2.45, 2.75) is 58.7 Å². The van der Waals surface area contributed by atoms with Crippen LogP contribution >= 0.6 is 0 Å². The minimum Gasteiger partial charge on any atom is -0.491 e. The fourth-order valence-corrected chi connectivity index (χ4v) is 2.13.